The van der Waals surface area contributed by atoms with Gasteiger partial charge in [0, 0.05) is 24.1 Å². The molecule has 0 spiro atoms. The molecule has 236 valence electrons. The Balaban J connectivity index is 1.73. The quantitative estimate of drug-likeness (QED) is 0.137. The van der Waals surface area contributed by atoms with Gasteiger partial charge in [-0.15, -0.1) is 0 Å². The molecule has 1 aliphatic heterocycles. The molecular formula is C34H29F2N3O7. The molecule has 10 nitrogen and oxygen atoms in total. The van der Waals surface area contributed by atoms with Gasteiger partial charge in [0.1, 0.15) is 17.7 Å². The molecule has 1 aliphatic rings. The van der Waals surface area contributed by atoms with E-state index < -0.39 is 63.9 Å². The van der Waals surface area contributed by atoms with Crippen LogP contribution < -0.4 is 10.1 Å². The van der Waals surface area contributed by atoms with Crippen LogP contribution in [0.15, 0.2) is 97.1 Å². The highest BCUT2D eigenvalue weighted by Gasteiger charge is 2.58. The molecule has 4 aromatic rings. The second-order valence-electron chi connectivity index (χ2n) is 10.6. The third-order valence-electron chi connectivity index (χ3n) is 8.06. The number of methoxy groups -OCH3 is 2. The highest BCUT2D eigenvalue weighted by molar-refractivity contribution is 6.01. The van der Waals surface area contributed by atoms with Gasteiger partial charge >= 0.3 is 11.8 Å². The molecule has 1 heterocycles. The van der Waals surface area contributed by atoms with E-state index in [1.54, 1.807) is 30.3 Å². The third kappa shape index (κ3) is 6.27. The SMILES string of the molecule is COC(=O)N1C(C(=O)NCc2ccc(F)cc2)C(c2ccc(F)cc2)C(C(=O)c2ccccc2)C1c1ccc(OC)c([N+](=O)[O-])c1. The minimum atomic E-state index is -1.40. The first-order valence-electron chi connectivity index (χ1n) is 14.2. The summed E-state index contributed by atoms with van der Waals surface area (Å²) in [6.45, 7) is -0.0449. The van der Waals surface area contributed by atoms with E-state index >= 15 is 0 Å². The van der Waals surface area contributed by atoms with Crippen molar-refractivity contribution >= 4 is 23.5 Å². The number of hydrogen-bond donors (Lipinski definition) is 1. The van der Waals surface area contributed by atoms with Crippen LogP contribution in [0.2, 0.25) is 0 Å². The van der Waals surface area contributed by atoms with Crippen LogP contribution in [0.5, 0.6) is 5.75 Å². The van der Waals surface area contributed by atoms with Crippen LogP contribution in [-0.2, 0) is 16.1 Å². The molecule has 1 N–H and O–H groups in total. The van der Waals surface area contributed by atoms with Crippen molar-refractivity contribution in [2.75, 3.05) is 14.2 Å². The van der Waals surface area contributed by atoms with Gasteiger partial charge in [0.2, 0.25) is 5.91 Å². The van der Waals surface area contributed by atoms with Gasteiger partial charge in [-0.25, -0.2) is 13.6 Å². The number of rotatable bonds is 9. The largest absolute Gasteiger partial charge is 0.490 e. The van der Waals surface area contributed by atoms with Crippen LogP contribution in [0.25, 0.3) is 0 Å². The summed E-state index contributed by atoms with van der Waals surface area (Å²) in [6, 6.07) is 20.3. The van der Waals surface area contributed by atoms with E-state index in [0.717, 1.165) is 12.0 Å². The summed E-state index contributed by atoms with van der Waals surface area (Å²) in [5.41, 5.74) is 0.961. The van der Waals surface area contributed by atoms with Crippen LogP contribution in [0.1, 0.15) is 39.0 Å². The Bertz CT molecular complexity index is 1750. The average molecular weight is 630 g/mol. The van der Waals surface area contributed by atoms with E-state index in [0.29, 0.717) is 11.1 Å². The number of amides is 2. The van der Waals surface area contributed by atoms with Crippen LogP contribution >= 0.6 is 0 Å². The van der Waals surface area contributed by atoms with Gasteiger partial charge in [0.05, 0.1) is 31.1 Å². The molecule has 0 radical (unpaired) electrons. The Morgan fingerprint density at radius 2 is 1.48 bits per heavy atom. The maximum atomic E-state index is 14.5. The number of halogens is 2. The lowest BCUT2D eigenvalue weighted by atomic mass is 9.76. The van der Waals surface area contributed by atoms with Crippen molar-refractivity contribution in [3.05, 3.63) is 141 Å². The first-order valence-corrected chi connectivity index (χ1v) is 14.2. The summed E-state index contributed by atoms with van der Waals surface area (Å²) >= 11 is 0. The number of Topliss-reactive ketones (excluding diaryl/α,β-unsaturated/α-hetero) is 1. The van der Waals surface area contributed by atoms with E-state index in [4.69, 9.17) is 9.47 Å². The summed E-state index contributed by atoms with van der Waals surface area (Å²) in [4.78, 5) is 54.8. The van der Waals surface area contributed by atoms with E-state index in [2.05, 4.69) is 5.32 Å². The Kier molecular flexibility index (Phi) is 9.36. The molecule has 0 aromatic heterocycles. The van der Waals surface area contributed by atoms with Crippen molar-refractivity contribution in [2.45, 2.75) is 24.5 Å². The molecule has 0 bridgehead atoms. The Hall–Kier alpha value is -5.65. The van der Waals surface area contributed by atoms with Crippen molar-refractivity contribution in [1.82, 2.24) is 10.2 Å². The van der Waals surface area contributed by atoms with Crippen molar-refractivity contribution < 1.29 is 37.6 Å². The number of ketones is 1. The molecule has 5 rings (SSSR count). The Morgan fingerprint density at radius 1 is 0.870 bits per heavy atom. The van der Waals surface area contributed by atoms with Crippen LogP contribution in [0.3, 0.4) is 0 Å². The number of ether oxygens (including phenoxy) is 2. The maximum Gasteiger partial charge on any atom is 0.410 e. The Morgan fingerprint density at radius 3 is 2.07 bits per heavy atom. The molecule has 0 aliphatic carbocycles. The van der Waals surface area contributed by atoms with Gasteiger partial charge < -0.3 is 14.8 Å². The summed E-state index contributed by atoms with van der Waals surface area (Å²) in [7, 11) is 2.38. The lowest BCUT2D eigenvalue weighted by Gasteiger charge is -2.30. The predicted octanol–water partition coefficient (Wildman–Crippen LogP) is 5.97. The number of likely N-dealkylation sites (tertiary alicyclic amines) is 1. The van der Waals surface area contributed by atoms with Gasteiger partial charge in [-0.05, 0) is 47.0 Å². The number of nitro benzene ring substituents is 1. The fourth-order valence-electron chi connectivity index (χ4n) is 6.01. The van der Waals surface area contributed by atoms with Gasteiger partial charge in [-0.2, -0.15) is 0 Å². The summed E-state index contributed by atoms with van der Waals surface area (Å²) in [5, 5.41) is 14.8. The molecule has 12 heteroatoms. The number of hydrogen-bond acceptors (Lipinski definition) is 7. The zero-order valence-corrected chi connectivity index (χ0v) is 24.8. The number of nitrogens with zero attached hydrogens (tertiary/aromatic N) is 2. The van der Waals surface area contributed by atoms with Crippen molar-refractivity contribution in [3.8, 4) is 5.75 Å². The molecule has 4 aromatic carbocycles. The molecule has 1 saturated heterocycles. The number of carbonyl (C=O) groups excluding carboxylic acids is 3. The minimum absolute atomic E-state index is 0.0449. The average Bonchev–Trinajstić information content (AvgIpc) is 3.43. The lowest BCUT2D eigenvalue weighted by molar-refractivity contribution is -0.385. The molecular weight excluding hydrogens is 600 g/mol. The zero-order valence-electron chi connectivity index (χ0n) is 24.8. The molecule has 46 heavy (non-hydrogen) atoms. The highest BCUT2D eigenvalue weighted by atomic mass is 19.1. The van der Waals surface area contributed by atoms with Crippen LogP contribution in [-0.4, -0.2) is 47.9 Å². The standard InChI is InChI=1S/C34H29F2N3O7/c1-45-27-17-12-23(18-26(27)39(43)44)30-29(32(40)22-6-4-3-5-7-22)28(21-10-15-25(36)16-11-21)31(38(30)34(42)46-2)33(41)37-19-20-8-13-24(35)14-9-20/h3-18,28-31H,19H2,1-2H3,(H,37,41). The van der Waals surface area contributed by atoms with Gasteiger partial charge in [0.25, 0.3) is 0 Å². The molecule has 4 atom stereocenters. The summed E-state index contributed by atoms with van der Waals surface area (Å²) in [5.74, 6) is -4.46. The second kappa shape index (κ2) is 13.6. The first kappa shape index (κ1) is 31.8. The van der Waals surface area contributed by atoms with Crippen molar-refractivity contribution in [2.24, 2.45) is 5.92 Å². The first-order chi connectivity index (χ1) is 22.1. The van der Waals surface area contributed by atoms with Crippen LogP contribution in [0, 0.1) is 27.7 Å². The number of nitro groups is 1. The monoisotopic (exact) mass is 629 g/mol. The fraction of sp³-hybridized carbons (Fsp3) is 0.206. The Labute approximate surface area is 262 Å². The molecule has 0 saturated carbocycles. The smallest absolute Gasteiger partial charge is 0.410 e. The molecule has 2 amide bonds. The van der Waals surface area contributed by atoms with E-state index in [9.17, 15) is 33.3 Å². The maximum absolute atomic E-state index is 14.5. The normalized spacial score (nSPS) is 18.9. The number of nitrogens with one attached hydrogen (secondary N) is 1. The van der Waals surface area contributed by atoms with E-state index in [1.165, 1.54) is 73.8 Å². The van der Waals surface area contributed by atoms with Gasteiger partial charge in [0.15, 0.2) is 11.5 Å². The molecule has 1 fully saturated rings. The zero-order chi connectivity index (χ0) is 33.0. The molecule has 4 unspecified atom stereocenters. The van der Waals surface area contributed by atoms with Crippen molar-refractivity contribution in [1.29, 1.82) is 0 Å². The third-order valence-corrected chi connectivity index (χ3v) is 8.06. The highest BCUT2D eigenvalue weighted by Crippen LogP contribution is 2.52. The lowest BCUT2D eigenvalue weighted by Crippen LogP contribution is -2.48. The van der Waals surface area contributed by atoms with Gasteiger partial charge in [-0.3, -0.25) is 24.6 Å². The number of carbonyl (C=O) groups is 3. The van der Waals surface area contributed by atoms with E-state index in [-0.39, 0.29) is 23.4 Å². The van der Waals surface area contributed by atoms with Crippen LogP contribution in [0.4, 0.5) is 19.3 Å². The summed E-state index contributed by atoms with van der Waals surface area (Å²) < 4.78 is 38.0. The number of benzene rings is 4. The minimum Gasteiger partial charge on any atom is -0.490 e. The summed E-state index contributed by atoms with van der Waals surface area (Å²) in [6.07, 6.45) is -0.971. The topological polar surface area (TPSA) is 128 Å². The van der Waals surface area contributed by atoms with Gasteiger partial charge in [-0.1, -0.05) is 60.7 Å². The predicted molar refractivity (Wildman–Crippen MR) is 162 cm³/mol. The fourth-order valence-corrected chi connectivity index (χ4v) is 6.01. The van der Waals surface area contributed by atoms with E-state index in [1.807, 2.05) is 0 Å². The second-order valence-corrected chi connectivity index (χ2v) is 10.6. The van der Waals surface area contributed by atoms with Crippen molar-refractivity contribution in [3.63, 3.8) is 0 Å².